The van der Waals surface area contributed by atoms with Gasteiger partial charge in [-0.25, -0.2) is 0 Å². The molecule has 156 valence electrons. The molecule has 1 saturated heterocycles. The van der Waals surface area contributed by atoms with Gasteiger partial charge in [-0.05, 0) is 42.0 Å². The molecule has 1 heterocycles. The number of hydrogen-bond donors (Lipinski definition) is 1. The number of ether oxygens (including phenoxy) is 2. The maximum absolute atomic E-state index is 11.3. The summed E-state index contributed by atoms with van der Waals surface area (Å²) in [6, 6.07) is 15.7. The first-order valence-electron chi connectivity index (χ1n) is 9.73. The van der Waals surface area contributed by atoms with Crippen molar-refractivity contribution in [2.45, 2.75) is 12.5 Å². The predicted octanol–water partition coefficient (Wildman–Crippen LogP) is 2.73. The van der Waals surface area contributed by atoms with Crippen LogP contribution in [0.5, 0.6) is 5.75 Å². The molecule has 2 aromatic rings. The molecule has 0 aromatic heterocycles. The zero-order valence-corrected chi connectivity index (χ0v) is 18.2. The Kier molecular flexibility index (Phi) is 7.91. The number of piperazine rings is 1. The standard InChI is InChI=1S/C22H27BrN2O4/c1-28-22(27)14-17-2-8-21(9-3-17)29-16-20(26)15-24-10-12-25(13-11-24)19-6-4-18(23)5-7-19/h2-9,20,26H,10-16H2,1H3. The molecular formula is C22H27BrN2O4. The molecule has 0 saturated carbocycles. The van der Waals surface area contributed by atoms with Crippen molar-refractivity contribution >= 4 is 27.6 Å². The van der Waals surface area contributed by atoms with Crippen molar-refractivity contribution in [2.24, 2.45) is 0 Å². The molecule has 3 rings (SSSR count). The van der Waals surface area contributed by atoms with E-state index >= 15 is 0 Å². The fraction of sp³-hybridized carbons (Fsp3) is 0.409. The fourth-order valence-corrected chi connectivity index (χ4v) is 3.59. The second kappa shape index (κ2) is 10.6. The summed E-state index contributed by atoms with van der Waals surface area (Å²) >= 11 is 3.47. The second-order valence-corrected chi connectivity index (χ2v) is 8.04. The monoisotopic (exact) mass is 462 g/mol. The average molecular weight is 463 g/mol. The molecule has 0 spiro atoms. The van der Waals surface area contributed by atoms with Crippen LogP contribution in [0.4, 0.5) is 5.69 Å². The van der Waals surface area contributed by atoms with Gasteiger partial charge in [0.1, 0.15) is 18.5 Å². The number of aliphatic hydroxyl groups excluding tert-OH is 1. The predicted molar refractivity (Wildman–Crippen MR) is 116 cm³/mol. The van der Waals surface area contributed by atoms with Crippen LogP contribution in [0.15, 0.2) is 53.0 Å². The number of β-amino-alcohol motifs (C(OH)–C–C–N with tert-alkyl or cyclic N) is 1. The maximum atomic E-state index is 11.3. The maximum Gasteiger partial charge on any atom is 0.309 e. The van der Waals surface area contributed by atoms with Crippen LogP contribution in [0.2, 0.25) is 0 Å². The highest BCUT2D eigenvalue weighted by Crippen LogP contribution is 2.20. The first-order valence-corrected chi connectivity index (χ1v) is 10.5. The smallest absolute Gasteiger partial charge is 0.309 e. The zero-order chi connectivity index (χ0) is 20.6. The molecule has 1 atom stereocenters. The molecule has 1 N–H and O–H groups in total. The Balaban J connectivity index is 1.38. The number of aliphatic hydroxyl groups is 1. The lowest BCUT2D eigenvalue weighted by Gasteiger charge is -2.36. The third-order valence-corrected chi connectivity index (χ3v) is 5.50. The van der Waals surface area contributed by atoms with Crippen molar-refractivity contribution in [3.8, 4) is 5.75 Å². The lowest BCUT2D eigenvalue weighted by atomic mass is 10.1. The summed E-state index contributed by atoms with van der Waals surface area (Å²) in [6.45, 7) is 4.54. The number of hydrogen-bond acceptors (Lipinski definition) is 6. The summed E-state index contributed by atoms with van der Waals surface area (Å²) in [6.07, 6.45) is -0.310. The number of anilines is 1. The van der Waals surface area contributed by atoms with Crippen LogP contribution in [0.3, 0.4) is 0 Å². The van der Waals surface area contributed by atoms with Crippen molar-refractivity contribution in [1.82, 2.24) is 4.90 Å². The van der Waals surface area contributed by atoms with E-state index in [1.54, 1.807) is 0 Å². The summed E-state index contributed by atoms with van der Waals surface area (Å²) in [5.74, 6) is 0.409. The summed E-state index contributed by atoms with van der Waals surface area (Å²) < 4.78 is 11.4. The molecule has 29 heavy (non-hydrogen) atoms. The number of methoxy groups -OCH3 is 1. The highest BCUT2D eigenvalue weighted by molar-refractivity contribution is 9.10. The van der Waals surface area contributed by atoms with Gasteiger partial charge in [0.15, 0.2) is 0 Å². The molecule has 1 fully saturated rings. The van der Waals surface area contributed by atoms with E-state index in [0.717, 1.165) is 36.2 Å². The number of carbonyl (C=O) groups excluding carboxylic acids is 1. The Morgan fingerprint density at radius 3 is 2.34 bits per heavy atom. The van der Waals surface area contributed by atoms with Crippen LogP contribution < -0.4 is 9.64 Å². The minimum atomic E-state index is -0.552. The summed E-state index contributed by atoms with van der Waals surface area (Å²) in [5.41, 5.74) is 2.10. The van der Waals surface area contributed by atoms with Gasteiger partial charge in [-0.1, -0.05) is 28.1 Å². The van der Waals surface area contributed by atoms with Crippen molar-refractivity contribution in [1.29, 1.82) is 0 Å². The summed E-state index contributed by atoms with van der Waals surface area (Å²) in [7, 11) is 1.38. The normalized spacial score (nSPS) is 15.8. The Morgan fingerprint density at radius 2 is 1.72 bits per heavy atom. The van der Waals surface area contributed by atoms with Gasteiger partial charge in [-0.3, -0.25) is 9.69 Å². The van der Waals surface area contributed by atoms with Crippen LogP contribution in [0.1, 0.15) is 5.56 Å². The molecule has 0 radical (unpaired) electrons. The number of halogens is 1. The van der Waals surface area contributed by atoms with Gasteiger partial charge in [0.25, 0.3) is 0 Å². The average Bonchev–Trinajstić information content (AvgIpc) is 2.74. The van der Waals surface area contributed by atoms with E-state index < -0.39 is 6.10 Å². The molecule has 2 aromatic carbocycles. The number of nitrogens with zero attached hydrogens (tertiary/aromatic N) is 2. The van der Waals surface area contributed by atoms with Gasteiger partial charge in [0, 0.05) is 42.9 Å². The van der Waals surface area contributed by atoms with Gasteiger partial charge >= 0.3 is 5.97 Å². The van der Waals surface area contributed by atoms with E-state index in [0.29, 0.717) is 12.3 Å². The van der Waals surface area contributed by atoms with E-state index in [2.05, 4.69) is 54.7 Å². The minimum absolute atomic E-state index is 0.239. The van der Waals surface area contributed by atoms with E-state index in [-0.39, 0.29) is 19.0 Å². The summed E-state index contributed by atoms with van der Waals surface area (Å²) in [4.78, 5) is 15.9. The molecule has 0 bridgehead atoms. The molecule has 6 nitrogen and oxygen atoms in total. The van der Waals surface area contributed by atoms with Crippen LogP contribution in [-0.2, 0) is 16.0 Å². The number of esters is 1. The van der Waals surface area contributed by atoms with Crippen LogP contribution in [-0.4, -0.2) is 68.5 Å². The van der Waals surface area contributed by atoms with Gasteiger partial charge in [0.05, 0.1) is 13.5 Å². The van der Waals surface area contributed by atoms with Crippen LogP contribution >= 0.6 is 15.9 Å². The topological polar surface area (TPSA) is 62.2 Å². The molecular weight excluding hydrogens is 436 g/mol. The molecule has 7 heteroatoms. The quantitative estimate of drug-likeness (QED) is 0.608. The Bertz CT molecular complexity index is 774. The Morgan fingerprint density at radius 1 is 1.07 bits per heavy atom. The van der Waals surface area contributed by atoms with E-state index in [9.17, 15) is 9.90 Å². The fourth-order valence-electron chi connectivity index (χ4n) is 3.33. The highest BCUT2D eigenvalue weighted by Gasteiger charge is 2.19. The van der Waals surface area contributed by atoms with Crippen molar-refractivity contribution in [2.75, 3.05) is 51.3 Å². The largest absolute Gasteiger partial charge is 0.491 e. The second-order valence-electron chi connectivity index (χ2n) is 7.13. The molecule has 1 unspecified atom stereocenters. The van der Waals surface area contributed by atoms with Gasteiger partial charge < -0.3 is 19.5 Å². The SMILES string of the molecule is COC(=O)Cc1ccc(OCC(O)CN2CCN(c3ccc(Br)cc3)CC2)cc1. The summed E-state index contributed by atoms with van der Waals surface area (Å²) in [5, 5.41) is 10.3. The number of benzene rings is 2. The zero-order valence-electron chi connectivity index (χ0n) is 16.6. The number of carbonyl (C=O) groups is 1. The first-order chi connectivity index (χ1) is 14.0. The van der Waals surface area contributed by atoms with Crippen molar-refractivity contribution in [3.63, 3.8) is 0 Å². The minimum Gasteiger partial charge on any atom is -0.491 e. The van der Waals surface area contributed by atoms with Gasteiger partial charge in [-0.2, -0.15) is 0 Å². The number of rotatable bonds is 8. The van der Waals surface area contributed by atoms with Gasteiger partial charge in [-0.15, -0.1) is 0 Å². The third-order valence-electron chi connectivity index (χ3n) is 4.97. The van der Waals surface area contributed by atoms with E-state index in [1.165, 1.54) is 12.8 Å². The van der Waals surface area contributed by atoms with E-state index in [1.807, 2.05) is 24.3 Å². The molecule has 1 aliphatic rings. The Hall–Kier alpha value is -2.09. The lowest BCUT2D eigenvalue weighted by Crippen LogP contribution is -2.49. The van der Waals surface area contributed by atoms with Crippen molar-refractivity contribution in [3.05, 3.63) is 58.6 Å². The molecule has 1 aliphatic heterocycles. The van der Waals surface area contributed by atoms with Crippen LogP contribution in [0, 0.1) is 0 Å². The van der Waals surface area contributed by atoms with Crippen molar-refractivity contribution < 1.29 is 19.4 Å². The van der Waals surface area contributed by atoms with Crippen LogP contribution in [0.25, 0.3) is 0 Å². The first kappa shape index (κ1) is 21.6. The van der Waals surface area contributed by atoms with Gasteiger partial charge in [0.2, 0.25) is 0 Å². The highest BCUT2D eigenvalue weighted by atomic mass is 79.9. The lowest BCUT2D eigenvalue weighted by molar-refractivity contribution is -0.139. The molecule has 0 aliphatic carbocycles. The Labute approximate surface area is 180 Å². The molecule has 0 amide bonds. The van der Waals surface area contributed by atoms with E-state index in [4.69, 9.17) is 4.74 Å². The third kappa shape index (κ3) is 6.73.